The molecule has 3 rings (SSSR count). The van der Waals surface area contributed by atoms with Crippen LogP contribution in [0.4, 0.5) is 0 Å². The van der Waals surface area contributed by atoms with Crippen LogP contribution in [0.1, 0.15) is 10.4 Å². The lowest BCUT2D eigenvalue weighted by Gasteiger charge is -2.05. The highest BCUT2D eigenvalue weighted by Crippen LogP contribution is 2.25. The monoisotopic (exact) mass is 357 g/mol. The molecule has 0 unspecified atom stereocenters. The van der Waals surface area contributed by atoms with Crippen molar-refractivity contribution in [2.45, 2.75) is 13.1 Å². The predicted octanol–water partition coefficient (Wildman–Crippen LogP) is 5.47. The normalized spacial score (nSPS) is 10.7. The van der Waals surface area contributed by atoms with Crippen molar-refractivity contribution in [3.8, 4) is 11.1 Å². The van der Waals surface area contributed by atoms with Crippen LogP contribution in [0.15, 0.2) is 70.5 Å². The molecule has 1 heterocycles. The van der Waals surface area contributed by atoms with Gasteiger partial charge in [-0.05, 0) is 34.2 Å². The van der Waals surface area contributed by atoms with E-state index >= 15 is 0 Å². The second-order valence-electron chi connectivity index (χ2n) is 4.86. The van der Waals surface area contributed by atoms with Crippen LogP contribution in [0, 0.1) is 0 Å². The lowest BCUT2D eigenvalue weighted by Crippen LogP contribution is -2.11. The van der Waals surface area contributed by atoms with Crippen molar-refractivity contribution >= 4 is 27.3 Å². The first-order valence-corrected chi connectivity index (χ1v) is 8.57. The van der Waals surface area contributed by atoms with Crippen LogP contribution in [0.2, 0.25) is 0 Å². The summed E-state index contributed by atoms with van der Waals surface area (Å²) in [6, 6.07) is 21.1. The van der Waals surface area contributed by atoms with Crippen molar-refractivity contribution < 1.29 is 0 Å². The Morgan fingerprint density at radius 2 is 1.62 bits per heavy atom. The minimum atomic E-state index is 0.875. The second-order valence-corrected chi connectivity index (χ2v) is 6.71. The first-order chi connectivity index (χ1) is 10.3. The van der Waals surface area contributed by atoms with Crippen molar-refractivity contribution in [2.24, 2.45) is 0 Å². The predicted molar refractivity (Wildman–Crippen MR) is 94.4 cm³/mol. The van der Waals surface area contributed by atoms with Gasteiger partial charge in [-0.3, -0.25) is 0 Å². The van der Waals surface area contributed by atoms with E-state index in [9.17, 15) is 0 Å². The first-order valence-electron chi connectivity index (χ1n) is 6.90. The molecular formula is C18H16BrNS. The van der Waals surface area contributed by atoms with Crippen LogP contribution >= 0.6 is 27.3 Å². The average Bonchev–Trinajstić information content (AvgIpc) is 2.99. The summed E-state index contributed by atoms with van der Waals surface area (Å²) in [4.78, 5) is 1.36. The fraction of sp³-hybridized carbons (Fsp3) is 0.111. The van der Waals surface area contributed by atoms with Gasteiger partial charge in [-0.25, -0.2) is 0 Å². The van der Waals surface area contributed by atoms with E-state index in [4.69, 9.17) is 0 Å². The Bertz CT molecular complexity index is 706. The van der Waals surface area contributed by atoms with E-state index in [1.807, 2.05) is 17.4 Å². The Morgan fingerprint density at radius 3 is 2.43 bits per heavy atom. The Hall–Kier alpha value is -1.42. The molecule has 0 radical (unpaired) electrons. The van der Waals surface area contributed by atoms with Crippen LogP contribution in [-0.2, 0) is 13.1 Å². The summed E-state index contributed by atoms with van der Waals surface area (Å²) in [7, 11) is 0. The highest BCUT2D eigenvalue weighted by Gasteiger charge is 2.03. The fourth-order valence-corrected chi connectivity index (χ4v) is 3.51. The molecule has 0 saturated carbocycles. The van der Waals surface area contributed by atoms with Crippen molar-refractivity contribution in [1.29, 1.82) is 0 Å². The first kappa shape index (κ1) is 14.5. The topological polar surface area (TPSA) is 12.0 Å². The van der Waals surface area contributed by atoms with E-state index in [0.29, 0.717) is 0 Å². The molecule has 1 nitrogen and oxygen atoms in total. The van der Waals surface area contributed by atoms with Gasteiger partial charge in [-0.15, -0.1) is 11.3 Å². The van der Waals surface area contributed by atoms with Gasteiger partial charge in [0.2, 0.25) is 0 Å². The smallest absolute Gasteiger partial charge is 0.0303 e. The van der Waals surface area contributed by atoms with Crippen LogP contribution < -0.4 is 5.32 Å². The van der Waals surface area contributed by atoms with Gasteiger partial charge in [0.1, 0.15) is 0 Å². The molecule has 106 valence electrons. The maximum Gasteiger partial charge on any atom is 0.0303 e. The van der Waals surface area contributed by atoms with Crippen molar-refractivity contribution in [3.05, 3.63) is 81.0 Å². The van der Waals surface area contributed by atoms with Gasteiger partial charge in [0.05, 0.1) is 0 Å². The zero-order valence-corrected chi connectivity index (χ0v) is 14.0. The van der Waals surface area contributed by atoms with E-state index in [-0.39, 0.29) is 0 Å². The van der Waals surface area contributed by atoms with Gasteiger partial charge in [0.25, 0.3) is 0 Å². The molecule has 0 aliphatic heterocycles. The summed E-state index contributed by atoms with van der Waals surface area (Å²) in [6.07, 6.45) is 0. The van der Waals surface area contributed by atoms with Gasteiger partial charge >= 0.3 is 0 Å². The summed E-state index contributed by atoms with van der Waals surface area (Å²) in [5.41, 5.74) is 3.88. The third-order valence-electron chi connectivity index (χ3n) is 3.33. The molecule has 0 bridgehead atoms. The number of hydrogen-bond donors (Lipinski definition) is 1. The van der Waals surface area contributed by atoms with Gasteiger partial charge < -0.3 is 5.32 Å². The van der Waals surface area contributed by atoms with E-state index in [1.54, 1.807) is 0 Å². The molecule has 0 aliphatic carbocycles. The number of benzene rings is 2. The summed E-state index contributed by atoms with van der Waals surface area (Å²) in [5.74, 6) is 0. The lowest BCUT2D eigenvalue weighted by molar-refractivity contribution is 0.699. The molecular weight excluding hydrogens is 342 g/mol. The third kappa shape index (κ3) is 3.82. The largest absolute Gasteiger partial charge is 0.308 e. The zero-order valence-electron chi connectivity index (χ0n) is 11.6. The van der Waals surface area contributed by atoms with Gasteiger partial charge in [-0.1, -0.05) is 64.5 Å². The quantitative estimate of drug-likeness (QED) is 0.638. The summed E-state index contributed by atoms with van der Waals surface area (Å²) >= 11 is 5.39. The van der Waals surface area contributed by atoms with E-state index in [2.05, 4.69) is 81.2 Å². The van der Waals surface area contributed by atoms with Crippen LogP contribution in [0.3, 0.4) is 0 Å². The molecule has 0 spiro atoms. The summed E-state index contributed by atoms with van der Waals surface area (Å²) < 4.78 is 1.16. The molecule has 2 aromatic carbocycles. The zero-order chi connectivity index (χ0) is 14.5. The number of rotatable bonds is 5. The third-order valence-corrected chi connectivity index (χ3v) is 5.04. The summed E-state index contributed by atoms with van der Waals surface area (Å²) in [5, 5.41) is 5.73. The Morgan fingerprint density at radius 1 is 0.857 bits per heavy atom. The molecule has 0 aliphatic rings. The second kappa shape index (κ2) is 7.03. The van der Waals surface area contributed by atoms with E-state index < -0.39 is 0 Å². The minimum absolute atomic E-state index is 0.875. The molecule has 21 heavy (non-hydrogen) atoms. The van der Waals surface area contributed by atoms with Crippen LogP contribution in [-0.4, -0.2) is 0 Å². The maximum absolute atomic E-state index is 3.58. The van der Waals surface area contributed by atoms with Crippen molar-refractivity contribution in [3.63, 3.8) is 0 Å². The van der Waals surface area contributed by atoms with Gasteiger partial charge in [-0.2, -0.15) is 0 Å². The van der Waals surface area contributed by atoms with Crippen molar-refractivity contribution in [1.82, 2.24) is 5.32 Å². The Labute approximate surface area is 137 Å². The number of hydrogen-bond acceptors (Lipinski definition) is 2. The average molecular weight is 358 g/mol. The molecule has 0 amide bonds. The van der Waals surface area contributed by atoms with Crippen LogP contribution in [0.5, 0.6) is 0 Å². The molecule has 3 aromatic rings. The standard InChI is InChI=1S/C18H16BrNS/c19-18-9-5-4-8-15(18)11-20-12-17-10-16(13-21-17)14-6-2-1-3-7-14/h1-10,13,20H,11-12H2. The fourth-order valence-electron chi connectivity index (χ4n) is 2.22. The molecule has 0 saturated heterocycles. The number of nitrogens with one attached hydrogen (secondary N) is 1. The Kier molecular flexibility index (Phi) is 4.86. The lowest BCUT2D eigenvalue weighted by atomic mass is 10.1. The molecule has 3 heteroatoms. The number of thiophene rings is 1. The highest BCUT2D eigenvalue weighted by molar-refractivity contribution is 9.10. The SMILES string of the molecule is Brc1ccccc1CNCc1cc(-c2ccccc2)cs1. The molecule has 1 aromatic heterocycles. The molecule has 1 N–H and O–H groups in total. The van der Waals surface area contributed by atoms with Gasteiger partial charge in [0, 0.05) is 22.4 Å². The van der Waals surface area contributed by atoms with Gasteiger partial charge in [0.15, 0.2) is 0 Å². The molecule has 0 atom stereocenters. The van der Waals surface area contributed by atoms with Crippen LogP contribution in [0.25, 0.3) is 11.1 Å². The maximum atomic E-state index is 3.58. The van der Waals surface area contributed by atoms with E-state index in [0.717, 1.165) is 17.6 Å². The molecule has 0 fully saturated rings. The van der Waals surface area contributed by atoms with Crippen molar-refractivity contribution in [2.75, 3.05) is 0 Å². The summed E-state index contributed by atoms with van der Waals surface area (Å²) in [6.45, 7) is 1.78. The Balaban J connectivity index is 1.60. The minimum Gasteiger partial charge on any atom is -0.308 e. The number of halogens is 1. The highest BCUT2D eigenvalue weighted by atomic mass is 79.9. The van der Waals surface area contributed by atoms with E-state index in [1.165, 1.54) is 21.6 Å².